The molecule has 3 heterocycles. The normalized spacial score (nSPS) is 17.0. The number of rotatable bonds is 4. The van der Waals surface area contributed by atoms with Crippen LogP contribution < -0.4 is 0 Å². The standard InChI is InChI=1S/C14H14N4S/c15-6-8-18-11-17-7-1-2-13(14(17)16-18)4-3-12-5-9-19-10-12/h1-2,5,7,9-10H,3-4,8,11H2. The molecule has 0 amide bonds. The van der Waals surface area contributed by atoms with Crippen LogP contribution in [-0.4, -0.2) is 29.0 Å². The third-order valence-electron chi connectivity index (χ3n) is 3.19. The lowest BCUT2D eigenvalue weighted by Gasteiger charge is -2.20. The third kappa shape index (κ3) is 2.54. The van der Waals surface area contributed by atoms with E-state index in [1.165, 1.54) is 11.1 Å². The second kappa shape index (κ2) is 5.29. The number of aryl methyl sites for hydroxylation is 1. The van der Waals surface area contributed by atoms with Crippen molar-refractivity contribution in [3.63, 3.8) is 0 Å². The summed E-state index contributed by atoms with van der Waals surface area (Å²) in [6, 6.07) is 4.31. The molecule has 0 saturated heterocycles. The Hall–Kier alpha value is -2.06. The van der Waals surface area contributed by atoms with Gasteiger partial charge in [0.25, 0.3) is 0 Å². The molecule has 0 aromatic carbocycles. The van der Waals surface area contributed by atoms with Gasteiger partial charge in [0.15, 0.2) is 5.84 Å². The van der Waals surface area contributed by atoms with Crippen molar-refractivity contribution in [1.29, 1.82) is 5.26 Å². The number of hydrazone groups is 1. The second-order valence-corrected chi connectivity index (χ2v) is 5.30. The predicted molar refractivity (Wildman–Crippen MR) is 76.3 cm³/mol. The lowest BCUT2D eigenvalue weighted by Crippen LogP contribution is -2.28. The summed E-state index contributed by atoms with van der Waals surface area (Å²) in [6.07, 6.45) is 8.21. The minimum atomic E-state index is 0.339. The van der Waals surface area contributed by atoms with Gasteiger partial charge in [-0.15, -0.1) is 0 Å². The maximum Gasteiger partial charge on any atom is 0.157 e. The van der Waals surface area contributed by atoms with Crippen molar-refractivity contribution in [3.8, 4) is 6.07 Å². The molecule has 96 valence electrons. The van der Waals surface area contributed by atoms with Crippen LogP contribution in [0.2, 0.25) is 0 Å². The fourth-order valence-corrected chi connectivity index (χ4v) is 2.95. The Balaban J connectivity index is 1.70. The maximum atomic E-state index is 8.74. The van der Waals surface area contributed by atoms with Crippen LogP contribution in [-0.2, 0) is 6.42 Å². The van der Waals surface area contributed by atoms with Gasteiger partial charge in [0.1, 0.15) is 13.2 Å². The van der Waals surface area contributed by atoms with Crippen molar-refractivity contribution in [1.82, 2.24) is 9.91 Å². The summed E-state index contributed by atoms with van der Waals surface area (Å²) in [6.45, 7) is 1.01. The van der Waals surface area contributed by atoms with Gasteiger partial charge in [-0.3, -0.25) is 5.01 Å². The number of nitriles is 1. The van der Waals surface area contributed by atoms with Crippen molar-refractivity contribution in [2.45, 2.75) is 12.8 Å². The monoisotopic (exact) mass is 270 g/mol. The van der Waals surface area contributed by atoms with Crippen LogP contribution in [0.15, 0.2) is 45.9 Å². The first-order valence-electron chi connectivity index (χ1n) is 6.23. The van der Waals surface area contributed by atoms with Crippen molar-refractivity contribution >= 4 is 17.2 Å². The Morgan fingerprint density at radius 2 is 2.37 bits per heavy atom. The van der Waals surface area contributed by atoms with Crippen LogP contribution in [0.3, 0.4) is 0 Å². The molecule has 1 aromatic rings. The topological polar surface area (TPSA) is 42.6 Å². The molecule has 2 aliphatic rings. The van der Waals surface area contributed by atoms with Gasteiger partial charge >= 0.3 is 0 Å². The number of hydrogen-bond acceptors (Lipinski definition) is 5. The quantitative estimate of drug-likeness (QED) is 0.790. The lowest BCUT2D eigenvalue weighted by molar-refractivity contribution is 0.291. The van der Waals surface area contributed by atoms with E-state index in [2.05, 4.69) is 45.0 Å². The van der Waals surface area contributed by atoms with Crippen LogP contribution >= 0.6 is 11.3 Å². The summed E-state index contributed by atoms with van der Waals surface area (Å²) < 4.78 is 0. The number of thiophene rings is 1. The molecular weight excluding hydrogens is 256 g/mol. The van der Waals surface area contributed by atoms with Crippen LogP contribution in [0.5, 0.6) is 0 Å². The maximum absolute atomic E-state index is 8.74. The molecule has 0 spiro atoms. The van der Waals surface area contributed by atoms with E-state index in [1.54, 1.807) is 16.3 Å². The summed E-state index contributed by atoms with van der Waals surface area (Å²) in [5.41, 5.74) is 2.62. The van der Waals surface area contributed by atoms with Crippen molar-refractivity contribution < 1.29 is 0 Å². The highest BCUT2D eigenvalue weighted by Crippen LogP contribution is 2.22. The van der Waals surface area contributed by atoms with E-state index in [0.29, 0.717) is 13.2 Å². The van der Waals surface area contributed by atoms with E-state index in [9.17, 15) is 0 Å². The molecule has 4 nitrogen and oxygen atoms in total. The van der Waals surface area contributed by atoms with Gasteiger partial charge in [0.2, 0.25) is 0 Å². The Bertz CT molecular complexity index is 577. The highest BCUT2D eigenvalue weighted by atomic mass is 32.1. The van der Waals surface area contributed by atoms with Crippen molar-refractivity contribution in [3.05, 3.63) is 46.3 Å². The molecule has 3 rings (SSSR count). The molecule has 0 N–H and O–H groups in total. The van der Waals surface area contributed by atoms with Crippen LogP contribution in [0, 0.1) is 11.3 Å². The molecule has 5 heteroatoms. The molecule has 0 unspecified atom stereocenters. The fraction of sp³-hybridized carbons (Fsp3) is 0.286. The first-order valence-corrected chi connectivity index (χ1v) is 7.17. The predicted octanol–water partition coefficient (Wildman–Crippen LogP) is 2.55. The van der Waals surface area contributed by atoms with Gasteiger partial charge in [-0.1, -0.05) is 6.08 Å². The summed E-state index contributed by atoms with van der Waals surface area (Å²) in [5, 5.41) is 19.4. The number of hydrogen-bond donors (Lipinski definition) is 0. The molecule has 2 aliphatic heterocycles. The third-order valence-corrected chi connectivity index (χ3v) is 3.92. The molecule has 1 aromatic heterocycles. The Kier molecular flexibility index (Phi) is 3.34. The molecule has 19 heavy (non-hydrogen) atoms. The highest BCUT2D eigenvalue weighted by molar-refractivity contribution is 7.07. The molecule has 0 atom stereocenters. The molecule has 0 bridgehead atoms. The van der Waals surface area contributed by atoms with Crippen LogP contribution in [0.4, 0.5) is 0 Å². The summed E-state index contributed by atoms with van der Waals surface area (Å²) in [5.74, 6) is 0.993. The molecular formula is C14H14N4S. The van der Waals surface area contributed by atoms with Gasteiger partial charge in [0, 0.05) is 6.20 Å². The summed E-state index contributed by atoms with van der Waals surface area (Å²) in [7, 11) is 0. The van der Waals surface area contributed by atoms with E-state index < -0.39 is 0 Å². The van der Waals surface area contributed by atoms with Crippen molar-refractivity contribution in [2.75, 3.05) is 13.2 Å². The number of fused-ring (bicyclic) bond motifs is 1. The molecule has 0 fully saturated rings. The number of allylic oxidation sites excluding steroid dienone is 2. The largest absolute Gasteiger partial charge is 0.312 e. The minimum absolute atomic E-state index is 0.339. The SMILES string of the molecule is N#CCN1CN2C=CC=C(CCc3ccsc3)C2=N1. The summed E-state index contributed by atoms with van der Waals surface area (Å²) in [4.78, 5) is 2.10. The Labute approximate surface area is 116 Å². The minimum Gasteiger partial charge on any atom is -0.312 e. The number of nitrogens with zero attached hydrogens (tertiary/aromatic N) is 4. The average molecular weight is 270 g/mol. The van der Waals surface area contributed by atoms with E-state index in [-0.39, 0.29) is 0 Å². The number of amidine groups is 1. The van der Waals surface area contributed by atoms with Gasteiger partial charge in [-0.25, -0.2) is 0 Å². The van der Waals surface area contributed by atoms with Crippen molar-refractivity contribution in [2.24, 2.45) is 5.10 Å². The average Bonchev–Trinajstić information content (AvgIpc) is 3.05. The van der Waals surface area contributed by atoms with E-state index in [1.807, 2.05) is 6.20 Å². The highest BCUT2D eigenvalue weighted by Gasteiger charge is 2.25. The van der Waals surface area contributed by atoms with E-state index in [0.717, 1.165) is 18.7 Å². The zero-order chi connectivity index (χ0) is 13.1. The molecule has 0 saturated carbocycles. The van der Waals surface area contributed by atoms with Gasteiger partial charge in [-0.2, -0.15) is 21.7 Å². The zero-order valence-corrected chi connectivity index (χ0v) is 11.3. The smallest absolute Gasteiger partial charge is 0.157 e. The summed E-state index contributed by atoms with van der Waals surface area (Å²) >= 11 is 1.73. The van der Waals surface area contributed by atoms with E-state index >= 15 is 0 Å². The lowest BCUT2D eigenvalue weighted by atomic mass is 10.0. The molecule has 0 aliphatic carbocycles. The first-order chi connectivity index (χ1) is 9.36. The van der Waals surface area contributed by atoms with Crippen LogP contribution in [0.25, 0.3) is 0 Å². The fourth-order valence-electron chi connectivity index (χ4n) is 2.25. The van der Waals surface area contributed by atoms with Gasteiger partial charge in [0.05, 0.1) is 6.07 Å². The Morgan fingerprint density at radius 1 is 1.42 bits per heavy atom. The molecule has 0 radical (unpaired) electrons. The van der Waals surface area contributed by atoms with Crippen LogP contribution in [0.1, 0.15) is 12.0 Å². The first kappa shape index (κ1) is 12.0. The zero-order valence-electron chi connectivity index (χ0n) is 10.5. The second-order valence-electron chi connectivity index (χ2n) is 4.52. The van der Waals surface area contributed by atoms with E-state index in [4.69, 9.17) is 5.26 Å². The van der Waals surface area contributed by atoms with Gasteiger partial charge < -0.3 is 4.90 Å². The van der Waals surface area contributed by atoms with Gasteiger partial charge in [-0.05, 0) is 46.9 Å². The Morgan fingerprint density at radius 3 is 3.16 bits per heavy atom.